The second kappa shape index (κ2) is 7.36. The molecule has 0 aromatic carbocycles. The van der Waals surface area contributed by atoms with E-state index in [1.165, 1.54) is 0 Å². The van der Waals surface area contributed by atoms with E-state index < -0.39 is 0 Å². The lowest BCUT2D eigenvalue weighted by Crippen LogP contribution is -2.41. The smallest absolute Gasteiger partial charge is 0.241 e. The Bertz CT molecular complexity index is 1200. The summed E-state index contributed by atoms with van der Waals surface area (Å²) in [7, 11) is 0. The molecule has 30 heavy (non-hydrogen) atoms. The van der Waals surface area contributed by atoms with E-state index in [9.17, 15) is 0 Å². The molecule has 0 atom stereocenters. The average Bonchev–Trinajstić information content (AvgIpc) is 3.25. The Morgan fingerprint density at radius 2 is 2.03 bits per heavy atom. The van der Waals surface area contributed by atoms with Crippen molar-refractivity contribution in [3.8, 4) is 11.1 Å². The summed E-state index contributed by atoms with van der Waals surface area (Å²) in [5.41, 5.74) is 4.88. The predicted molar refractivity (Wildman–Crippen MR) is 117 cm³/mol. The van der Waals surface area contributed by atoms with Gasteiger partial charge in [-0.3, -0.25) is 0 Å². The molecular formula is C22H27N7O. The molecule has 4 aromatic rings. The van der Waals surface area contributed by atoms with Gasteiger partial charge in [-0.2, -0.15) is 0 Å². The molecule has 0 unspecified atom stereocenters. The normalized spacial score (nSPS) is 19.0. The molecule has 0 aliphatic heterocycles. The van der Waals surface area contributed by atoms with Crippen molar-refractivity contribution in [2.45, 2.75) is 58.7 Å². The Kier molecular flexibility index (Phi) is 4.66. The first kappa shape index (κ1) is 19.0. The van der Waals surface area contributed by atoms with Gasteiger partial charge in [-0.25, -0.2) is 19.5 Å². The van der Waals surface area contributed by atoms with Gasteiger partial charge < -0.3 is 14.6 Å². The van der Waals surface area contributed by atoms with E-state index in [1.807, 2.05) is 37.0 Å². The van der Waals surface area contributed by atoms with E-state index in [0.717, 1.165) is 53.1 Å². The molecule has 0 radical (unpaired) electrons. The second-order valence-electron chi connectivity index (χ2n) is 8.22. The molecule has 1 aliphatic carbocycles. The topological polar surface area (TPSA) is 82.2 Å². The maximum absolute atomic E-state index is 5.63. The van der Waals surface area contributed by atoms with E-state index in [-0.39, 0.29) is 0 Å². The van der Waals surface area contributed by atoms with Crippen LogP contribution in [0, 0.1) is 6.92 Å². The maximum Gasteiger partial charge on any atom is 0.241 e. The van der Waals surface area contributed by atoms with Crippen molar-refractivity contribution < 1.29 is 4.74 Å². The number of nitrogens with zero attached hydrogens (tertiary/aromatic N) is 6. The molecule has 0 spiro atoms. The number of anilines is 1. The number of rotatable bonds is 6. The fourth-order valence-electron chi connectivity index (χ4n) is 4.34. The number of imidazole rings is 1. The number of hydrogen-bond acceptors (Lipinski definition) is 6. The summed E-state index contributed by atoms with van der Waals surface area (Å²) in [6.45, 7) is 9.15. The summed E-state index contributed by atoms with van der Waals surface area (Å²) in [5, 5.41) is 8.05. The summed E-state index contributed by atoms with van der Waals surface area (Å²) >= 11 is 0. The lowest BCUT2D eigenvalue weighted by Gasteiger charge is -2.35. The molecule has 4 heterocycles. The highest BCUT2D eigenvalue weighted by molar-refractivity contribution is 5.85. The van der Waals surface area contributed by atoms with Crippen LogP contribution >= 0.6 is 0 Å². The van der Waals surface area contributed by atoms with Gasteiger partial charge in [0.1, 0.15) is 5.82 Å². The van der Waals surface area contributed by atoms with Gasteiger partial charge >= 0.3 is 0 Å². The van der Waals surface area contributed by atoms with Crippen LogP contribution in [0.3, 0.4) is 0 Å². The molecule has 0 amide bonds. The van der Waals surface area contributed by atoms with E-state index in [1.54, 1.807) is 0 Å². The maximum atomic E-state index is 5.63. The second-order valence-corrected chi connectivity index (χ2v) is 8.22. The van der Waals surface area contributed by atoms with Gasteiger partial charge in [-0.1, -0.05) is 0 Å². The predicted octanol–water partition coefficient (Wildman–Crippen LogP) is 4.01. The van der Waals surface area contributed by atoms with Crippen LogP contribution in [0.1, 0.15) is 45.5 Å². The lowest BCUT2D eigenvalue weighted by molar-refractivity contribution is 0.00283. The van der Waals surface area contributed by atoms with Crippen molar-refractivity contribution in [3.05, 3.63) is 36.5 Å². The Balaban J connectivity index is 1.43. The van der Waals surface area contributed by atoms with Gasteiger partial charge in [0.2, 0.25) is 5.95 Å². The van der Waals surface area contributed by atoms with Crippen molar-refractivity contribution in [2.75, 3.05) is 11.9 Å². The summed E-state index contributed by atoms with van der Waals surface area (Å²) in [5.74, 6) is 1.62. The van der Waals surface area contributed by atoms with Gasteiger partial charge in [-0.15, -0.1) is 5.10 Å². The zero-order valence-electron chi connectivity index (χ0n) is 17.8. The molecule has 8 heteroatoms. The quantitative estimate of drug-likeness (QED) is 0.522. The van der Waals surface area contributed by atoms with Gasteiger partial charge in [0.05, 0.1) is 23.3 Å². The number of nitrogens with one attached hydrogen (secondary N) is 1. The summed E-state index contributed by atoms with van der Waals surface area (Å²) < 4.78 is 9.72. The Morgan fingerprint density at radius 1 is 1.20 bits per heavy atom. The minimum atomic E-state index is 0.323. The van der Waals surface area contributed by atoms with Crippen LogP contribution in [-0.4, -0.2) is 47.9 Å². The highest BCUT2D eigenvalue weighted by Gasteiger charge is 2.30. The van der Waals surface area contributed by atoms with Gasteiger partial charge in [0.25, 0.3) is 0 Å². The number of pyridine rings is 1. The summed E-state index contributed by atoms with van der Waals surface area (Å²) in [6, 6.07) is 4.92. The van der Waals surface area contributed by atoms with E-state index in [4.69, 9.17) is 4.74 Å². The molecule has 5 rings (SSSR count). The van der Waals surface area contributed by atoms with Crippen LogP contribution in [0.2, 0.25) is 0 Å². The van der Waals surface area contributed by atoms with Crippen molar-refractivity contribution in [1.29, 1.82) is 0 Å². The van der Waals surface area contributed by atoms with Crippen LogP contribution in [-0.2, 0) is 4.74 Å². The van der Waals surface area contributed by atoms with E-state index in [0.29, 0.717) is 24.1 Å². The van der Waals surface area contributed by atoms with Crippen molar-refractivity contribution in [1.82, 2.24) is 29.1 Å². The van der Waals surface area contributed by atoms with Gasteiger partial charge in [-0.05, 0) is 52.7 Å². The zero-order chi connectivity index (χ0) is 20.8. The highest BCUT2D eigenvalue weighted by atomic mass is 16.5. The monoisotopic (exact) mass is 405 g/mol. The largest absolute Gasteiger partial charge is 0.378 e. The number of hydrogen-bond donors (Lipinski definition) is 1. The standard InChI is InChI=1S/C22H27N7O/c1-5-30-17-9-16(10-17)26-22-24-12-20-18(6-7-28(20)27-22)15-8-19-21(23-11-15)25-14(4)29(19)13(2)3/h6-8,11-13,16-17H,5,9-10H2,1-4H3,(H,26,27)/t16-,17-. The SMILES string of the molecule is CCO[C@H]1C[C@H](Nc2ncc3c(-c4cnc5nc(C)n(C(C)C)c5c4)ccn3n2)C1. The third kappa shape index (κ3) is 3.21. The minimum Gasteiger partial charge on any atom is -0.378 e. The third-order valence-electron chi connectivity index (χ3n) is 5.80. The molecular weight excluding hydrogens is 378 g/mol. The fourth-order valence-corrected chi connectivity index (χ4v) is 4.34. The van der Waals surface area contributed by atoms with Crippen LogP contribution in [0.15, 0.2) is 30.7 Å². The minimum absolute atomic E-state index is 0.323. The van der Waals surface area contributed by atoms with E-state index >= 15 is 0 Å². The molecule has 1 aliphatic rings. The van der Waals surface area contributed by atoms with Crippen molar-refractivity contribution >= 4 is 22.6 Å². The number of ether oxygens (including phenoxy) is 1. The van der Waals surface area contributed by atoms with Crippen molar-refractivity contribution in [2.24, 2.45) is 0 Å². The first-order valence-electron chi connectivity index (χ1n) is 10.6. The van der Waals surface area contributed by atoms with Crippen LogP contribution in [0.4, 0.5) is 5.95 Å². The molecule has 0 saturated heterocycles. The third-order valence-corrected chi connectivity index (χ3v) is 5.80. The summed E-state index contributed by atoms with van der Waals surface area (Å²) in [6.07, 6.45) is 8.08. The molecule has 156 valence electrons. The Morgan fingerprint density at radius 3 is 2.80 bits per heavy atom. The van der Waals surface area contributed by atoms with Crippen molar-refractivity contribution in [3.63, 3.8) is 0 Å². The van der Waals surface area contributed by atoms with Crippen LogP contribution in [0.25, 0.3) is 27.8 Å². The molecule has 1 N–H and O–H groups in total. The number of fused-ring (bicyclic) bond motifs is 2. The van der Waals surface area contributed by atoms with Crippen LogP contribution < -0.4 is 5.32 Å². The Hall–Kier alpha value is -3.00. The Labute approximate surface area is 175 Å². The molecule has 0 bridgehead atoms. The fraction of sp³-hybridized carbons (Fsp3) is 0.455. The molecule has 1 fully saturated rings. The van der Waals surface area contributed by atoms with Gasteiger partial charge in [0, 0.05) is 42.2 Å². The van der Waals surface area contributed by atoms with Crippen LogP contribution in [0.5, 0.6) is 0 Å². The number of aromatic nitrogens is 6. The van der Waals surface area contributed by atoms with E-state index in [2.05, 4.69) is 55.9 Å². The first-order valence-corrected chi connectivity index (χ1v) is 10.6. The lowest BCUT2D eigenvalue weighted by atomic mass is 9.89. The molecule has 8 nitrogen and oxygen atoms in total. The zero-order valence-corrected chi connectivity index (χ0v) is 17.8. The van der Waals surface area contributed by atoms with Gasteiger partial charge in [0.15, 0.2) is 5.65 Å². The average molecular weight is 406 g/mol. The summed E-state index contributed by atoms with van der Waals surface area (Å²) in [4.78, 5) is 13.7. The molecule has 4 aromatic heterocycles. The first-order chi connectivity index (χ1) is 14.5. The molecule has 1 saturated carbocycles. The highest BCUT2D eigenvalue weighted by Crippen LogP contribution is 2.30. The number of aryl methyl sites for hydroxylation is 1.